The maximum atomic E-state index is 11.8. The number of rotatable bonds is 7. The van der Waals surface area contributed by atoms with E-state index in [1.54, 1.807) is 18.2 Å². The van der Waals surface area contributed by atoms with Crippen molar-refractivity contribution in [2.24, 2.45) is 0 Å². The number of carbonyl (C=O) groups is 2. The lowest BCUT2D eigenvalue weighted by atomic mass is 10.2. The summed E-state index contributed by atoms with van der Waals surface area (Å²) in [4.78, 5) is 23.7. The summed E-state index contributed by atoms with van der Waals surface area (Å²) in [6, 6.07) is 10.7. The van der Waals surface area contributed by atoms with Crippen LogP contribution in [-0.2, 0) is 20.9 Å². The van der Waals surface area contributed by atoms with E-state index in [4.69, 9.17) is 25.8 Å². The lowest BCUT2D eigenvalue weighted by Crippen LogP contribution is -2.29. The highest BCUT2D eigenvalue weighted by Crippen LogP contribution is 2.32. The molecule has 0 bridgehead atoms. The zero-order valence-corrected chi connectivity index (χ0v) is 15.5. The first kappa shape index (κ1) is 19.0. The number of fused-ring (bicyclic) bond motifs is 1. The molecule has 0 radical (unpaired) electrons. The first-order valence-electron chi connectivity index (χ1n) is 8.30. The summed E-state index contributed by atoms with van der Waals surface area (Å²) in [7, 11) is 0. The maximum Gasteiger partial charge on any atom is 0.250 e. The fourth-order valence-electron chi connectivity index (χ4n) is 2.41. The second-order valence-corrected chi connectivity index (χ2v) is 6.38. The van der Waals surface area contributed by atoms with Gasteiger partial charge in [-0.05, 0) is 42.3 Å². The smallest absolute Gasteiger partial charge is 0.250 e. The summed E-state index contributed by atoms with van der Waals surface area (Å²) < 4.78 is 15.7. The van der Waals surface area contributed by atoms with Gasteiger partial charge in [0, 0.05) is 17.3 Å². The Labute approximate surface area is 161 Å². The van der Waals surface area contributed by atoms with Gasteiger partial charge >= 0.3 is 0 Å². The Kier molecular flexibility index (Phi) is 6.16. The first-order valence-corrected chi connectivity index (χ1v) is 8.68. The second kappa shape index (κ2) is 8.75. The van der Waals surface area contributed by atoms with E-state index < -0.39 is 0 Å². The molecule has 3 rings (SSSR count). The molecule has 0 saturated carbocycles. The predicted octanol–water partition coefficient (Wildman–Crippen LogP) is 2.65. The maximum absolute atomic E-state index is 11.8. The Bertz CT molecular complexity index is 856. The molecule has 1 heterocycles. The molecule has 0 spiro atoms. The quantitative estimate of drug-likeness (QED) is 0.759. The summed E-state index contributed by atoms with van der Waals surface area (Å²) in [5.41, 5.74) is 2.37. The zero-order chi connectivity index (χ0) is 19.2. The normalized spacial score (nSPS) is 11.9. The molecule has 0 aliphatic carbocycles. The van der Waals surface area contributed by atoms with Crippen LogP contribution in [0.1, 0.15) is 11.1 Å². The van der Waals surface area contributed by atoms with E-state index in [1.165, 1.54) is 0 Å². The lowest BCUT2D eigenvalue weighted by Gasteiger charge is -2.08. The molecule has 1 aliphatic heterocycles. The molecule has 0 atom stereocenters. The summed E-state index contributed by atoms with van der Waals surface area (Å²) in [6.45, 7) is 1.96. The van der Waals surface area contributed by atoms with Crippen LogP contribution in [0.4, 0.5) is 5.69 Å². The van der Waals surface area contributed by atoms with Crippen LogP contribution in [0, 0.1) is 6.92 Å². The zero-order valence-electron chi connectivity index (χ0n) is 14.7. The Balaban J connectivity index is 1.36. The minimum Gasteiger partial charge on any atom is -0.454 e. The first-order chi connectivity index (χ1) is 13.0. The van der Waals surface area contributed by atoms with E-state index in [9.17, 15) is 9.59 Å². The summed E-state index contributed by atoms with van der Waals surface area (Å²) in [5.74, 6) is 0.664. The van der Waals surface area contributed by atoms with Crippen molar-refractivity contribution < 1.29 is 23.8 Å². The van der Waals surface area contributed by atoms with E-state index >= 15 is 0 Å². The van der Waals surface area contributed by atoms with Crippen molar-refractivity contribution in [3.63, 3.8) is 0 Å². The fourth-order valence-corrected chi connectivity index (χ4v) is 2.59. The standard InChI is InChI=1S/C19H19ClN2O5/c1-12-2-4-14(7-15(12)20)22-19(24)10-25-9-18(23)21-8-13-3-5-16-17(6-13)27-11-26-16/h2-7H,8-11H2,1H3,(H,21,23)(H,22,24). The molecule has 0 unspecified atom stereocenters. The summed E-state index contributed by atoms with van der Waals surface area (Å²) in [6.07, 6.45) is 0. The minimum absolute atomic E-state index is 0.204. The SMILES string of the molecule is Cc1ccc(NC(=O)COCC(=O)NCc2ccc3c(c2)OCO3)cc1Cl. The molecule has 2 aromatic rings. The second-order valence-electron chi connectivity index (χ2n) is 5.97. The Hall–Kier alpha value is -2.77. The number of anilines is 1. The number of carbonyl (C=O) groups excluding carboxylic acids is 2. The molecule has 7 nitrogen and oxygen atoms in total. The number of benzene rings is 2. The molecule has 0 fully saturated rings. The molecule has 142 valence electrons. The fraction of sp³-hybridized carbons (Fsp3) is 0.263. The lowest BCUT2D eigenvalue weighted by molar-refractivity contribution is -0.128. The van der Waals surface area contributed by atoms with Gasteiger partial charge in [0.25, 0.3) is 0 Å². The van der Waals surface area contributed by atoms with Crippen molar-refractivity contribution in [3.05, 3.63) is 52.5 Å². The number of halogens is 1. The van der Waals surface area contributed by atoms with Crippen molar-refractivity contribution in [2.75, 3.05) is 25.3 Å². The number of nitrogens with one attached hydrogen (secondary N) is 2. The van der Waals surface area contributed by atoms with Crippen LogP contribution >= 0.6 is 11.6 Å². The molecular formula is C19H19ClN2O5. The van der Waals surface area contributed by atoms with E-state index in [2.05, 4.69) is 10.6 Å². The van der Waals surface area contributed by atoms with Crippen molar-refractivity contribution in [1.29, 1.82) is 0 Å². The van der Waals surface area contributed by atoms with Crippen LogP contribution in [0.25, 0.3) is 0 Å². The van der Waals surface area contributed by atoms with Crippen molar-refractivity contribution >= 4 is 29.1 Å². The van der Waals surface area contributed by atoms with Gasteiger partial charge in [0.1, 0.15) is 13.2 Å². The van der Waals surface area contributed by atoms with Crippen LogP contribution < -0.4 is 20.1 Å². The van der Waals surface area contributed by atoms with Gasteiger partial charge in [0.2, 0.25) is 18.6 Å². The predicted molar refractivity (Wildman–Crippen MR) is 100 cm³/mol. The number of hydrogen-bond donors (Lipinski definition) is 2. The third-order valence-electron chi connectivity index (χ3n) is 3.85. The van der Waals surface area contributed by atoms with Gasteiger partial charge in [-0.15, -0.1) is 0 Å². The van der Waals surface area contributed by atoms with Crippen molar-refractivity contribution in [2.45, 2.75) is 13.5 Å². The molecule has 2 amide bonds. The molecule has 2 N–H and O–H groups in total. The minimum atomic E-state index is -0.363. The molecule has 27 heavy (non-hydrogen) atoms. The summed E-state index contributed by atoms with van der Waals surface area (Å²) in [5, 5.41) is 5.94. The third-order valence-corrected chi connectivity index (χ3v) is 4.26. The van der Waals surface area contributed by atoms with Crippen LogP contribution in [0.5, 0.6) is 11.5 Å². The van der Waals surface area contributed by atoms with Gasteiger partial charge in [-0.25, -0.2) is 0 Å². The van der Waals surface area contributed by atoms with E-state index in [-0.39, 0.29) is 31.8 Å². The van der Waals surface area contributed by atoms with Gasteiger partial charge in [-0.3, -0.25) is 9.59 Å². The van der Waals surface area contributed by atoms with Gasteiger partial charge in [-0.1, -0.05) is 23.7 Å². The Morgan fingerprint density at radius 3 is 2.67 bits per heavy atom. The van der Waals surface area contributed by atoms with Gasteiger partial charge in [-0.2, -0.15) is 0 Å². The number of aryl methyl sites for hydroxylation is 1. The van der Waals surface area contributed by atoms with Crippen LogP contribution in [-0.4, -0.2) is 31.8 Å². The largest absolute Gasteiger partial charge is 0.454 e. The van der Waals surface area contributed by atoms with Crippen molar-refractivity contribution in [3.8, 4) is 11.5 Å². The van der Waals surface area contributed by atoms with E-state index in [0.717, 1.165) is 11.1 Å². The van der Waals surface area contributed by atoms with Gasteiger partial charge in [0.15, 0.2) is 11.5 Å². The highest BCUT2D eigenvalue weighted by atomic mass is 35.5. The average molecular weight is 391 g/mol. The van der Waals surface area contributed by atoms with Crippen LogP contribution in [0.15, 0.2) is 36.4 Å². The molecule has 2 aromatic carbocycles. The highest BCUT2D eigenvalue weighted by Gasteiger charge is 2.13. The topological polar surface area (TPSA) is 85.9 Å². The van der Waals surface area contributed by atoms with Crippen molar-refractivity contribution in [1.82, 2.24) is 5.32 Å². The van der Waals surface area contributed by atoms with E-state index in [1.807, 2.05) is 25.1 Å². The van der Waals surface area contributed by atoms with Crippen LogP contribution in [0.2, 0.25) is 5.02 Å². The molecule has 8 heteroatoms. The Morgan fingerprint density at radius 1 is 1.07 bits per heavy atom. The average Bonchev–Trinajstić information content (AvgIpc) is 3.11. The number of ether oxygens (including phenoxy) is 3. The third kappa shape index (κ3) is 5.35. The Morgan fingerprint density at radius 2 is 1.85 bits per heavy atom. The van der Waals surface area contributed by atoms with Gasteiger partial charge in [0.05, 0.1) is 0 Å². The molecule has 0 saturated heterocycles. The summed E-state index contributed by atoms with van der Waals surface area (Å²) >= 11 is 6.01. The van der Waals surface area contributed by atoms with Gasteiger partial charge < -0.3 is 24.8 Å². The molecule has 0 aromatic heterocycles. The number of hydrogen-bond acceptors (Lipinski definition) is 5. The molecular weight excluding hydrogens is 372 g/mol. The monoisotopic (exact) mass is 390 g/mol. The number of amides is 2. The highest BCUT2D eigenvalue weighted by molar-refractivity contribution is 6.31. The van der Waals surface area contributed by atoms with Crippen LogP contribution in [0.3, 0.4) is 0 Å². The van der Waals surface area contributed by atoms with E-state index in [0.29, 0.717) is 28.8 Å². The molecule has 1 aliphatic rings.